The van der Waals surface area contributed by atoms with E-state index in [4.69, 9.17) is 10.8 Å². The smallest absolute Gasteiger partial charge is 0.265 e. The molecule has 1 aromatic heterocycles. The van der Waals surface area contributed by atoms with Crippen LogP contribution in [0.15, 0.2) is 6.20 Å². The number of aliphatic hydroxyl groups is 1. The lowest BCUT2D eigenvalue weighted by Gasteiger charge is -2.11. The quantitative estimate of drug-likeness (QED) is 0.679. The monoisotopic (exact) mass is 222 g/mol. The van der Waals surface area contributed by atoms with Crippen molar-refractivity contribution in [1.82, 2.24) is 9.97 Å². The highest BCUT2D eigenvalue weighted by Crippen LogP contribution is 2.10. The van der Waals surface area contributed by atoms with Crippen molar-refractivity contribution in [3.8, 4) is 0 Å². The van der Waals surface area contributed by atoms with Crippen LogP contribution in [0.5, 0.6) is 0 Å². The molecule has 0 saturated carbocycles. The molecule has 1 atom stereocenters. The predicted molar refractivity (Wildman–Crippen MR) is 46.9 cm³/mol. The van der Waals surface area contributed by atoms with Crippen molar-refractivity contribution in [2.45, 2.75) is 12.5 Å². The van der Waals surface area contributed by atoms with Crippen LogP contribution in [0.25, 0.3) is 0 Å². The van der Waals surface area contributed by atoms with Crippen LogP contribution in [0, 0.1) is 5.82 Å². The van der Waals surface area contributed by atoms with Gasteiger partial charge in [-0.05, 0) is 0 Å². The summed E-state index contributed by atoms with van der Waals surface area (Å²) in [6.07, 6.45) is -3.99. The fourth-order valence-corrected chi connectivity index (χ4v) is 0.795. The number of anilines is 2. The summed E-state index contributed by atoms with van der Waals surface area (Å²) < 4.78 is 36.6. The minimum atomic E-state index is -2.90. The minimum absolute atomic E-state index is 0.189. The van der Waals surface area contributed by atoms with Crippen LogP contribution in [0.1, 0.15) is 0 Å². The highest BCUT2D eigenvalue weighted by Gasteiger charge is 2.17. The highest BCUT2D eigenvalue weighted by atomic mass is 19.3. The van der Waals surface area contributed by atoms with Crippen molar-refractivity contribution in [3.63, 3.8) is 0 Å². The Morgan fingerprint density at radius 2 is 2.20 bits per heavy atom. The van der Waals surface area contributed by atoms with Crippen molar-refractivity contribution < 1.29 is 18.3 Å². The topological polar surface area (TPSA) is 84.1 Å². The molecule has 0 aliphatic heterocycles. The molecule has 5 nitrogen and oxygen atoms in total. The fraction of sp³-hybridized carbons (Fsp3) is 0.429. The molecular weight excluding hydrogens is 213 g/mol. The molecule has 0 aliphatic rings. The van der Waals surface area contributed by atoms with Crippen molar-refractivity contribution in [2.75, 3.05) is 17.6 Å². The number of alkyl halides is 2. The summed E-state index contributed by atoms with van der Waals surface area (Å²) in [4.78, 5) is 6.77. The van der Waals surface area contributed by atoms with Crippen molar-refractivity contribution in [3.05, 3.63) is 12.0 Å². The molecule has 0 fully saturated rings. The zero-order chi connectivity index (χ0) is 11.4. The number of rotatable bonds is 4. The van der Waals surface area contributed by atoms with E-state index in [-0.39, 0.29) is 11.8 Å². The zero-order valence-corrected chi connectivity index (χ0v) is 7.49. The van der Waals surface area contributed by atoms with E-state index in [0.29, 0.717) is 0 Å². The van der Waals surface area contributed by atoms with E-state index in [9.17, 15) is 13.2 Å². The van der Waals surface area contributed by atoms with E-state index in [2.05, 4.69) is 15.3 Å². The lowest BCUT2D eigenvalue weighted by Crippen LogP contribution is -2.27. The second-order valence-electron chi connectivity index (χ2n) is 2.71. The van der Waals surface area contributed by atoms with Gasteiger partial charge in [0.05, 0.1) is 6.20 Å². The van der Waals surface area contributed by atoms with E-state index < -0.39 is 24.9 Å². The fourth-order valence-electron chi connectivity index (χ4n) is 0.795. The number of nitrogens with zero attached hydrogens (tertiary/aromatic N) is 2. The maximum Gasteiger partial charge on any atom is 0.265 e. The van der Waals surface area contributed by atoms with Gasteiger partial charge in [0.15, 0.2) is 11.6 Å². The first-order valence-corrected chi connectivity index (χ1v) is 3.99. The van der Waals surface area contributed by atoms with Crippen LogP contribution in [0.3, 0.4) is 0 Å². The Morgan fingerprint density at radius 3 is 2.80 bits per heavy atom. The van der Waals surface area contributed by atoms with Crippen molar-refractivity contribution >= 4 is 11.8 Å². The molecule has 1 heterocycles. The highest BCUT2D eigenvalue weighted by molar-refractivity contribution is 5.39. The number of aromatic nitrogens is 2. The van der Waals surface area contributed by atoms with Gasteiger partial charge in [0, 0.05) is 6.54 Å². The lowest BCUT2D eigenvalue weighted by molar-refractivity contribution is 0.00377. The van der Waals surface area contributed by atoms with Gasteiger partial charge in [0.1, 0.15) is 6.10 Å². The van der Waals surface area contributed by atoms with Gasteiger partial charge < -0.3 is 16.2 Å². The summed E-state index contributed by atoms with van der Waals surface area (Å²) in [5, 5.41) is 10.9. The van der Waals surface area contributed by atoms with E-state index in [1.807, 2.05) is 0 Å². The lowest BCUT2D eigenvalue weighted by atomic mass is 10.3. The van der Waals surface area contributed by atoms with Gasteiger partial charge >= 0.3 is 0 Å². The number of hydrogen-bond acceptors (Lipinski definition) is 5. The van der Waals surface area contributed by atoms with E-state index >= 15 is 0 Å². The second kappa shape index (κ2) is 4.78. The summed E-state index contributed by atoms with van der Waals surface area (Å²) in [6.45, 7) is -0.523. The molecule has 4 N–H and O–H groups in total. The third-order valence-electron chi connectivity index (χ3n) is 1.53. The standard InChI is InChI=1S/C7H9F3N4O/c8-3-1-13-7(11)14-6(3)12-2-4(15)5(9)10/h1,4-5,15H,2H2,(H3,11,12,13,14). The number of nitrogen functional groups attached to an aromatic ring is 1. The Balaban J connectivity index is 2.61. The first-order chi connectivity index (χ1) is 7.00. The Bertz CT molecular complexity index is 336. The number of nitrogens with two attached hydrogens (primary N) is 1. The Morgan fingerprint density at radius 1 is 1.53 bits per heavy atom. The third-order valence-corrected chi connectivity index (χ3v) is 1.53. The van der Waals surface area contributed by atoms with Gasteiger partial charge in [-0.25, -0.2) is 18.2 Å². The molecule has 0 amide bonds. The number of nitrogens with one attached hydrogen (secondary N) is 1. The van der Waals surface area contributed by atoms with Gasteiger partial charge in [-0.3, -0.25) is 0 Å². The predicted octanol–water partition coefficient (Wildman–Crippen LogP) is 0.236. The Kier molecular flexibility index (Phi) is 3.67. The SMILES string of the molecule is Nc1ncc(F)c(NCC(O)C(F)F)n1. The van der Waals surface area contributed by atoms with Crippen molar-refractivity contribution in [2.24, 2.45) is 0 Å². The van der Waals surface area contributed by atoms with Crippen LogP contribution in [-0.2, 0) is 0 Å². The molecule has 0 aliphatic carbocycles. The minimum Gasteiger partial charge on any atom is -0.385 e. The normalized spacial score (nSPS) is 12.9. The average Bonchev–Trinajstić information content (AvgIpc) is 2.18. The van der Waals surface area contributed by atoms with Crippen LogP contribution < -0.4 is 11.1 Å². The second-order valence-corrected chi connectivity index (χ2v) is 2.71. The zero-order valence-electron chi connectivity index (χ0n) is 7.49. The van der Waals surface area contributed by atoms with E-state index in [1.165, 1.54) is 0 Å². The Labute approximate surface area is 83.1 Å². The molecule has 0 radical (unpaired) electrons. The molecule has 1 unspecified atom stereocenters. The van der Waals surface area contributed by atoms with Crippen LogP contribution in [0.4, 0.5) is 24.9 Å². The summed E-state index contributed by atoms with van der Waals surface area (Å²) in [5.41, 5.74) is 5.15. The molecule has 1 rings (SSSR count). The summed E-state index contributed by atoms with van der Waals surface area (Å²) in [5.74, 6) is -1.33. The van der Waals surface area contributed by atoms with Crippen LogP contribution >= 0.6 is 0 Å². The van der Waals surface area contributed by atoms with E-state index in [1.54, 1.807) is 0 Å². The molecule has 0 spiro atoms. The molecule has 1 aromatic rings. The summed E-state index contributed by atoms with van der Waals surface area (Å²) >= 11 is 0. The van der Waals surface area contributed by atoms with E-state index in [0.717, 1.165) is 6.20 Å². The van der Waals surface area contributed by atoms with Gasteiger partial charge in [-0.2, -0.15) is 4.98 Å². The van der Waals surface area contributed by atoms with Gasteiger partial charge in [-0.15, -0.1) is 0 Å². The summed E-state index contributed by atoms with van der Waals surface area (Å²) in [7, 11) is 0. The number of aliphatic hydroxyl groups excluding tert-OH is 1. The largest absolute Gasteiger partial charge is 0.385 e. The van der Waals surface area contributed by atoms with Gasteiger partial charge in [0.25, 0.3) is 6.43 Å². The number of hydrogen-bond donors (Lipinski definition) is 3. The van der Waals surface area contributed by atoms with Crippen molar-refractivity contribution in [1.29, 1.82) is 0 Å². The third kappa shape index (κ3) is 3.24. The molecule has 0 aromatic carbocycles. The maximum absolute atomic E-state index is 12.9. The molecule has 0 bridgehead atoms. The maximum atomic E-state index is 12.9. The first kappa shape index (κ1) is 11.5. The van der Waals surface area contributed by atoms with Crippen LogP contribution in [-0.4, -0.2) is 34.1 Å². The van der Waals surface area contributed by atoms with Crippen LogP contribution in [0.2, 0.25) is 0 Å². The number of halogens is 3. The summed E-state index contributed by atoms with van der Waals surface area (Å²) in [6, 6.07) is 0. The Hall–Kier alpha value is -1.57. The first-order valence-electron chi connectivity index (χ1n) is 3.99. The van der Waals surface area contributed by atoms with Gasteiger partial charge in [-0.1, -0.05) is 0 Å². The average molecular weight is 222 g/mol. The molecule has 15 heavy (non-hydrogen) atoms. The molecular formula is C7H9F3N4O. The molecule has 84 valence electrons. The molecule has 8 heteroatoms. The molecule has 0 saturated heterocycles. The van der Waals surface area contributed by atoms with Gasteiger partial charge in [0.2, 0.25) is 5.95 Å².